The highest BCUT2D eigenvalue weighted by Crippen LogP contribution is 2.09. The molecule has 0 amide bonds. The monoisotopic (exact) mass is 147 g/mol. The summed E-state index contributed by atoms with van der Waals surface area (Å²) in [5, 5.41) is 8.84. The van der Waals surface area contributed by atoms with Gasteiger partial charge in [-0.2, -0.15) is 0 Å². The first kappa shape index (κ1) is 7.77. The number of pyridine rings is 1. The Balaban J connectivity index is 3.23. The summed E-state index contributed by atoms with van der Waals surface area (Å²) in [6.07, 6.45) is 6.79. The quantitative estimate of drug-likeness (QED) is 0.598. The molecule has 0 bridgehead atoms. The molecule has 11 heavy (non-hydrogen) atoms. The third kappa shape index (κ3) is 1.39. The molecule has 1 aromatic rings. The van der Waals surface area contributed by atoms with Gasteiger partial charge in [-0.3, -0.25) is 0 Å². The number of aliphatic hydroxyl groups excluding tert-OH is 1. The van der Waals surface area contributed by atoms with Crippen molar-refractivity contribution in [1.82, 2.24) is 4.98 Å². The number of terminal acetylenes is 1. The summed E-state index contributed by atoms with van der Waals surface area (Å²) >= 11 is 0. The SMILES string of the molecule is C#Cc1nccc(CO)c1C. The lowest BCUT2D eigenvalue weighted by Gasteiger charge is -2.01. The standard InChI is InChI=1S/C9H9NO/c1-3-9-7(2)8(6-11)4-5-10-9/h1,4-5,11H,6H2,2H3. The Bertz CT molecular complexity index is 299. The summed E-state index contributed by atoms with van der Waals surface area (Å²) in [6, 6.07) is 1.76. The minimum absolute atomic E-state index is 0.0169. The zero-order valence-corrected chi connectivity index (χ0v) is 6.33. The molecule has 0 unspecified atom stereocenters. The Morgan fingerprint density at radius 1 is 1.73 bits per heavy atom. The average molecular weight is 147 g/mol. The smallest absolute Gasteiger partial charge is 0.116 e. The van der Waals surface area contributed by atoms with E-state index in [1.807, 2.05) is 6.92 Å². The first-order chi connectivity index (χ1) is 5.29. The molecule has 0 atom stereocenters. The van der Waals surface area contributed by atoms with Gasteiger partial charge in [0.15, 0.2) is 0 Å². The largest absolute Gasteiger partial charge is 0.392 e. The van der Waals surface area contributed by atoms with Crippen molar-refractivity contribution >= 4 is 0 Å². The fourth-order valence-electron chi connectivity index (χ4n) is 0.892. The van der Waals surface area contributed by atoms with E-state index in [0.29, 0.717) is 5.69 Å². The number of nitrogens with zero attached hydrogens (tertiary/aromatic N) is 1. The zero-order chi connectivity index (χ0) is 8.27. The van der Waals surface area contributed by atoms with Gasteiger partial charge in [0.2, 0.25) is 0 Å². The van der Waals surface area contributed by atoms with Crippen LogP contribution in [-0.4, -0.2) is 10.1 Å². The van der Waals surface area contributed by atoms with Crippen LogP contribution in [0, 0.1) is 19.3 Å². The topological polar surface area (TPSA) is 33.1 Å². The van der Waals surface area contributed by atoms with Crippen molar-refractivity contribution in [2.45, 2.75) is 13.5 Å². The lowest BCUT2D eigenvalue weighted by molar-refractivity contribution is 0.281. The van der Waals surface area contributed by atoms with Gasteiger partial charge in [0.25, 0.3) is 0 Å². The summed E-state index contributed by atoms with van der Waals surface area (Å²) < 4.78 is 0. The van der Waals surface area contributed by atoms with Crippen molar-refractivity contribution in [1.29, 1.82) is 0 Å². The van der Waals surface area contributed by atoms with Crippen LogP contribution in [0.15, 0.2) is 12.3 Å². The van der Waals surface area contributed by atoms with Crippen LogP contribution in [-0.2, 0) is 6.61 Å². The molecule has 0 aromatic carbocycles. The van der Waals surface area contributed by atoms with E-state index in [4.69, 9.17) is 11.5 Å². The summed E-state index contributed by atoms with van der Waals surface area (Å²) in [7, 11) is 0. The van der Waals surface area contributed by atoms with Crippen LogP contribution >= 0.6 is 0 Å². The highest BCUT2D eigenvalue weighted by atomic mass is 16.3. The molecule has 0 saturated heterocycles. The van der Waals surface area contributed by atoms with Crippen LogP contribution in [0.2, 0.25) is 0 Å². The molecule has 0 aliphatic heterocycles. The van der Waals surface area contributed by atoms with Gasteiger partial charge in [-0.15, -0.1) is 6.42 Å². The van der Waals surface area contributed by atoms with Gasteiger partial charge in [0.1, 0.15) is 5.69 Å². The minimum Gasteiger partial charge on any atom is -0.392 e. The van der Waals surface area contributed by atoms with Crippen LogP contribution in [0.5, 0.6) is 0 Å². The number of hydrogen-bond acceptors (Lipinski definition) is 2. The molecular formula is C9H9NO. The second-order valence-corrected chi connectivity index (χ2v) is 2.25. The number of rotatable bonds is 1. The van der Waals surface area contributed by atoms with Crippen molar-refractivity contribution in [3.8, 4) is 12.3 Å². The summed E-state index contributed by atoms with van der Waals surface area (Å²) in [4.78, 5) is 3.96. The normalized spacial score (nSPS) is 9.18. The molecule has 2 nitrogen and oxygen atoms in total. The van der Waals surface area contributed by atoms with Gasteiger partial charge >= 0.3 is 0 Å². The van der Waals surface area contributed by atoms with E-state index in [1.54, 1.807) is 12.3 Å². The van der Waals surface area contributed by atoms with Gasteiger partial charge in [-0.05, 0) is 30.0 Å². The van der Waals surface area contributed by atoms with E-state index >= 15 is 0 Å². The van der Waals surface area contributed by atoms with Crippen molar-refractivity contribution in [3.05, 3.63) is 29.1 Å². The van der Waals surface area contributed by atoms with Crippen LogP contribution in [0.25, 0.3) is 0 Å². The molecule has 1 rings (SSSR count). The third-order valence-corrected chi connectivity index (χ3v) is 1.62. The minimum atomic E-state index is 0.0169. The molecule has 1 N–H and O–H groups in total. The number of hydrogen-bond donors (Lipinski definition) is 1. The zero-order valence-electron chi connectivity index (χ0n) is 6.33. The van der Waals surface area contributed by atoms with Crippen molar-refractivity contribution in [2.24, 2.45) is 0 Å². The third-order valence-electron chi connectivity index (χ3n) is 1.62. The summed E-state index contributed by atoms with van der Waals surface area (Å²) in [5.74, 6) is 2.45. The molecule has 56 valence electrons. The van der Waals surface area contributed by atoms with Gasteiger partial charge in [0.05, 0.1) is 6.61 Å². The maximum Gasteiger partial charge on any atom is 0.116 e. The lowest BCUT2D eigenvalue weighted by atomic mass is 10.1. The maximum atomic E-state index is 8.84. The predicted molar refractivity (Wildman–Crippen MR) is 42.8 cm³/mol. The first-order valence-electron chi connectivity index (χ1n) is 3.31. The summed E-state index contributed by atoms with van der Waals surface area (Å²) in [6.45, 7) is 1.87. The fourth-order valence-corrected chi connectivity index (χ4v) is 0.892. The second kappa shape index (κ2) is 3.18. The number of aromatic nitrogens is 1. The van der Waals surface area contributed by atoms with Crippen molar-refractivity contribution in [2.75, 3.05) is 0 Å². The molecule has 1 heterocycles. The van der Waals surface area contributed by atoms with Gasteiger partial charge in [-0.1, -0.05) is 0 Å². The fraction of sp³-hybridized carbons (Fsp3) is 0.222. The molecule has 0 radical (unpaired) electrons. The maximum absolute atomic E-state index is 8.84. The van der Waals surface area contributed by atoms with E-state index < -0.39 is 0 Å². The van der Waals surface area contributed by atoms with E-state index in [-0.39, 0.29) is 6.61 Å². The van der Waals surface area contributed by atoms with Crippen molar-refractivity contribution in [3.63, 3.8) is 0 Å². The van der Waals surface area contributed by atoms with E-state index in [0.717, 1.165) is 11.1 Å². The predicted octanol–water partition coefficient (Wildman–Crippen LogP) is 0.864. The molecule has 0 spiro atoms. The van der Waals surface area contributed by atoms with Crippen LogP contribution in [0.1, 0.15) is 16.8 Å². The van der Waals surface area contributed by atoms with Gasteiger partial charge in [0, 0.05) is 6.20 Å². The van der Waals surface area contributed by atoms with Crippen molar-refractivity contribution < 1.29 is 5.11 Å². The highest BCUT2D eigenvalue weighted by Gasteiger charge is 2.00. The number of aliphatic hydroxyl groups is 1. The molecule has 0 saturated carbocycles. The average Bonchev–Trinajstić information content (AvgIpc) is 2.05. The molecule has 2 heteroatoms. The summed E-state index contributed by atoms with van der Waals surface area (Å²) in [5.41, 5.74) is 2.34. The van der Waals surface area contributed by atoms with Crippen LogP contribution < -0.4 is 0 Å². The van der Waals surface area contributed by atoms with Crippen LogP contribution in [0.3, 0.4) is 0 Å². The van der Waals surface area contributed by atoms with E-state index in [9.17, 15) is 0 Å². The van der Waals surface area contributed by atoms with Gasteiger partial charge < -0.3 is 5.11 Å². The molecule has 0 fully saturated rings. The Morgan fingerprint density at radius 2 is 2.45 bits per heavy atom. The Kier molecular flexibility index (Phi) is 2.25. The molecule has 0 aliphatic carbocycles. The van der Waals surface area contributed by atoms with E-state index in [2.05, 4.69) is 10.9 Å². The van der Waals surface area contributed by atoms with Crippen LogP contribution in [0.4, 0.5) is 0 Å². The molecule has 1 aromatic heterocycles. The lowest BCUT2D eigenvalue weighted by Crippen LogP contribution is -1.94. The Labute approximate surface area is 65.9 Å². The second-order valence-electron chi connectivity index (χ2n) is 2.25. The Morgan fingerprint density at radius 3 is 3.00 bits per heavy atom. The molecular weight excluding hydrogens is 138 g/mol. The highest BCUT2D eigenvalue weighted by molar-refractivity contribution is 5.37. The van der Waals surface area contributed by atoms with E-state index in [1.165, 1.54) is 0 Å². The molecule has 0 aliphatic rings. The first-order valence-corrected chi connectivity index (χ1v) is 3.31. The Hall–Kier alpha value is -1.33. The van der Waals surface area contributed by atoms with Gasteiger partial charge in [-0.25, -0.2) is 4.98 Å².